The Balaban J connectivity index is 2.04. The Kier molecular flexibility index (Phi) is 5.18. The van der Waals surface area contributed by atoms with Crippen LogP contribution in [-0.4, -0.2) is 32.3 Å². The van der Waals surface area contributed by atoms with E-state index in [9.17, 15) is 4.79 Å². The molecule has 0 atom stereocenters. The number of carbonyl (C=O) groups excluding carboxylic acids is 1. The van der Waals surface area contributed by atoms with Crippen LogP contribution in [0.3, 0.4) is 0 Å². The van der Waals surface area contributed by atoms with Gasteiger partial charge in [-0.05, 0) is 51.1 Å². The number of halogens is 1. The Morgan fingerprint density at radius 1 is 1.27 bits per heavy atom. The Bertz CT molecular complexity index is 937. The van der Waals surface area contributed by atoms with Crippen molar-refractivity contribution in [2.45, 2.75) is 20.8 Å². The molecule has 3 rings (SSSR count). The zero-order chi connectivity index (χ0) is 18.7. The first kappa shape index (κ1) is 17.9. The third-order valence-electron chi connectivity index (χ3n) is 3.58. The Morgan fingerprint density at radius 3 is 2.62 bits per heavy atom. The monoisotopic (exact) mass is 371 g/mol. The topological polar surface area (TPSA) is 81.9 Å². The van der Waals surface area contributed by atoms with Gasteiger partial charge in [0.1, 0.15) is 5.56 Å². The third kappa shape index (κ3) is 3.83. The van der Waals surface area contributed by atoms with E-state index >= 15 is 0 Å². The number of nitrogens with one attached hydrogen (secondary N) is 1. The van der Waals surface area contributed by atoms with Crippen LogP contribution in [0.5, 0.6) is 0 Å². The van der Waals surface area contributed by atoms with Crippen molar-refractivity contribution < 1.29 is 9.53 Å². The SMILES string of the molecule is CCOC(=O)c1cnc(-n2nc(C)cc2C)nc1Nc1ccc(Cl)cc1. The van der Waals surface area contributed by atoms with Crippen LogP contribution in [0.1, 0.15) is 28.7 Å². The van der Waals surface area contributed by atoms with Gasteiger partial charge >= 0.3 is 5.97 Å². The molecule has 0 aliphatic rings. The number of ether oxygens (including phenoxy) is 1. The van der Waals surface area contributed by atoms with Crippen LogP contribution in [0.25, 0.3) is 5.95 Å². The number of aromatic nitrogens is 4. The predicted octanol–water partition coefficient (Wildman–Crippen LogP) is 3.85. The maximum Gasteiger partial charge on any atom is 0.343 e. The lowest BCUT2D eigenvalue weighted by Crippen LogP contribution is -2.13. The van der Waals surface area contributed by atoms with E-state index in [1.807, 2.05) is 19.9 Å². The van der Waals surface area contributed by atoms with Gasteiger partial charge in [0.15, 0.2) is 5.82 Å². The fraction of sp³-hybridized carbons (Fsp3) is 0.222. The molecule has 0 saturated heterocycles. The lowest BCUT2D eigenvalue weighted by atomic mass is 10.2. The number of carbonyl (C=O) groups is 1. The maximum atomic E-state index is 12.2. The van der Waals surface area contributed by atoms with Crippen molar-refractivity contribution in [1.29, 1.82) is 0 Å². The molecule has 2 heterocycles. The molecule has 3 aromatic rings. The summed E-state index contributed by atoms with van der Waals surface area (Å²) in [6.07, 6.45) is 1.44. The number of benzene rings is 1. The van der Waals surface area contributed by atoms with Crippen LogP contribution < -0.4 is 5.32 Å². The average Bonchev–Trinajstić information content (AvgIpc) is 2.95. The van der Waals surface area contributed by atoms with Crippen LogP contribution in [0.2, 0.25) is 5.02 Å². The maximum absolute atomic E-state index is 12.2. The quantitative estimate of drug-likeness (QED) is 0.686. The van der Waals surface area contributed by atoms with Crippen LogP contribution in [0, 0.1) is 13.8 Å². The molecule has 1 aromatic carbocycles. The minimum Gasteiger partial charge on any atom is -0.462 e. The molecule has 0 fully saturated rings. The molecular formula is C18H18ClN5O2. The summed E-state index contributed by atoms with van der Waals surface area (Å²) in [5, 5.41) is 8.12. The third-order valence-corrected chi connectivity index (χ3v) is 3.83. The number of hydrogen-bond donors (Lipinski definition) is 1. The van der Waals surface area contributed by atoms with Gasteiger partial charge in [0, 0.05) is 22.6 Å². The molecule has 1 N–H and O–H groups in total. The molecule has 26 heavy (non-hydrogen) atoms. The van der Waals surface area contributed by atoms with Gasteiger partial charge in [0.2, 0.25) is 0 Å². The van der Waals surface area contributed by atoms with Crippen molar-refractivity contribution in [3.63, 3.8) is 0 Å². The van der Waals surface area contributed by atoms with Gasteiger partial charge in [-0.1, -0.05) is 11.6 Å². The standard InChI is InChI=1S/C18H18ClN5O2/c1-4-26-17(25)15-10-20-18(24-12(3)9-11(2)23-24)22-16(15)21-14-7-5-13(19)6-8-14/h5-10H,4H2,1-3H3,(H,20,21,22). The number of rotatable bonds is 5. The highest BCUT2D eigenvalue weighted by Crippen LogP contribution is 2.22. The molecule has 7 nitrogen and oxygen atoms in total. The average molecular weight is 372 g/mol. The second kappa shape index (κ2) is 7.53. The fourth-order valence-corrected chi connectivity index (χ4v) is 2.56. The molecule has 0 aliphatic carbocycles. The van der Waals surface area contributed by atoms with Crippen LogP contribution in [0.15, 0.2) is 36.5 Å². The summed E-state index contributed by atoms with van der Waals surface area (Å²) < 4.78 is 6.72. The zero-order valence-electron chi connectivity index (χ0n) is 14.7. The van der Waals surface area contributed by atoms with E-state index in [2.05, 4.69) is 20.4 Å². The van der Waals surface area contributed by atoms with Gasteiger partial charge < -0.3 is 10.1 Å². The van der Waals surface area contributed by atoms with Crippen LogP contribution in [-0.2, 0) is 4.74 Å². The second-order valence-electron chi connectivity index (χ2n) is 5.62. The smallest absolute Gasteiger partial charge is 0.343 e. The largest absolute Gasteiger partial charge is 0.462 e. The van der Waals surface area contributed by atoms with E-state index < -0.39 is 5.97 Å². The van der Waals surface area contributed by atoms with E-state index in [0.29, 0.717) is 16.8 Å². The molecule has 0 unspecified atom stereocenters. The summed E-state index contributed by atoms with van der Waals surface area (Å²) >= 11 is 5.92. The Hall–Kier alpha value is -2.93. The molecule has 0 saturated carbocycles. The highest BCUT2D eigenvalue weighted by molar-refractivity contribution is 6.30. The lowest BCUT2D eigenvalue weighted by Gasteiger charge is -2.12. The fourth-order valence-electron chi connectivity index (χ4n) is 2.43. The summed E-state index contributed by atoms with van der Waals surface area (Å²) in [7, 11) is 0. The van der Waals surface area contributed by atoms with E-state index in [4.69, 9.17) is 16.3 Å². The summed E-state index contributed by atoms with van der Waals surface area (Å²) in [6.45, 7) is 5.81. The second-order valence-corrected chi connectivity index (χ2v) is 6.06. The number of aryl methyl sites for hydroxylation is 2. The van der Waals surface area contributed by atoms with Gasteiger partial charge in [0.25, 0.3) is 5.95 Å². The minimum absolute atomic E-state index is 0.243. The van der Waals surface area contributed by atoms with Gasteiger partial charge in [-0.15, -0.1) is 0 Å². The first-order valence-electron chi connectivity index (χ1n) is 8.08. The summed E-state index contributed by atoms with van der Waals surface area (Å²) in [5.74, 6) is 0.201. The Morgan fingerprint density at radius 2 is 2.00 bits per heavy atom. The zero-order valence-corrected chi connectivity index (χ0v) is 15.4. The molecule has 2 aromatic heterocycles. The molecule has 134 valence electrons. The molecule has 0 amide bonds. The van der Waals surface area contributed by atoms with Gasteiger partial charge in [-0.25, -0.2) is 14.5 Å². The normalized spacial score (nSPS) is 10.6. The van der Waals surface area contributed by atoms with Crippen molar-refractivity contribution in [3.8, 4) is 5.95 Å². The van der Waals surface area contributed by atoms with Crippen molar-refractivity contribution >= 4 is 29.1 Å². The summed E-state index contributed by atoms with van der Waals surface area (Å²) in [4.78, 5) is 21.0. The molecule has 0 bridgehead atoms. The first-order chi connectivity index (χ1) is 12.5. The van der Waals surface area contributed by atoms with E-state index in [-0.39, 0.29) is 12.2 Å². The Labute approximate surface area is 156 Å². The van der Waals surface area contributed by atoms with Crippen molar-refractivity contribution in [3.05, 3.63) is 58.5 Å². The highest BCUT2D eigenvalue weighted by atomic mass is 35.5. The number of anilines is 2. The number of nitrogens with zero attached hydrogens (tertiary/aromatic N) is 4. The van der Waals surface area contributed by atoms with Crippen molar-refractivity contribution in [2.24, 2.45) is 0 Å². The molecule has 0 spiro atoms. The van der Waals surface area contributed by atoms with E-state index in [0.717, 1.165) is 17.1 Å². The number of esters is 1. The highest BCUT2D eigenvalue weighted by Gasteiger charge is 2.18. The van der Waals surface area contributed by atoms with Crippen molar-refractivity contribution in [1.82, 2.24) is 19.7 Å². The van der Waals surface area contributed by atoms with E-state index in [1.165, 1.54) is 6.20 Å². The van der Waals surface area contributed by atoms with Crippen molar-refractivity contribution in [2.75, 3.05) is 11.9 Å². The van der Waals surface area contributed by atoms with Crippen LogP contribution in [0.4, 0.5) is 11.5 Å². The first-order valence-corrected chi connectivity index (χ1v) is 8.46. The predicted molar refractivity (Wildman–Crippen MR) is 99.3 cm³/mol. The molecular weight excluding hydrogens is 354 g/mol. The number of hydrogen-bond acceptors (Lipinski definition) is 6. The van der Waals surface area contributed by atoms with Gasteiger partial charge in [-0.2, -0.15) is 10.1 Å². The lowest BCUT2D eigenvalue weighted by molar-refractivity contribution is 0.0526. The minimum atomic E-state index is -0.496. The summed E-state index contributed by atoms with van der Waals surface area (Å²) in [6, 6.07) is 9.01. The molecule has 0 aliphatic heterocycles. The van der Waals surface area contributed by atoms with Gasteiger partial charge in [-0.3, -0.25) is 0 Å². The van der Waals surface area contributed by atoms with E-state index in [1.54, 1.807) is 35.9 Å². The van der Waals surface area contributed by atoms with Gasteiger partial charge in [0.05, 0.1) is 12.3 Å². The molecule has 0 radical (unpaired) electrons. The summed E-state index contributed by atoms with van der Waals surface area (Å²) in [5.41, 5.74) is 2.72. The van der Waals surface area contributed by atoms with Crippen LogP contribution >= 0.6 is 11.6 Å². The molecule has 8 heteroatoms.